The van der Waals surface area contributed by atoms with Gasteiger partial charge in [-0.15, -0.1) is 0 Å². The molecule has 0 heterocycles. The molecular formula is C15H25NO3. The fourth-order valence-corrected chi connectivity index (χ4v) is 3.56. The second kappa shape index (κ2) is 5.51. The number of carbonyl (C=O) groups excluding carboxylic acids is 1. The third-order valence-corrected chi connectivity index (χ3v) is 4.98. The Bertz CT molecular complexity index is 364. The number of rotatable bonds is 6. The molecule has 2 aliphatic carbocycles. The SMILES string of the molecule is CC(C)(CCNC(=O)CC1CC2CCC1C2)C(=O)O. The van der Waals surface area contributed by atoms with Crippen molar-refractivity contribution in [2.75, 3.05) is 6.54 Å². The van der Waals surface area contributed by atoms with Gasteiger partial charge in [0.1, 0.15) is 0 Å². The third-order valence-electron chi connectivity index (χ3n) is 4.98. The minimum absolute atomic E-state index is 0.0961. The Morgan fingerprint density at radius 2 is 2.00 bits per heavy atom. The van der Waals surface area contributed by atoms with E-state index in [2.05, 4.69) is 5.32 Å². The lowest BCUT2D eigenvalue weighted by Gasteiger charge is -2.22. The Kier molecular flexibility index (Phi) is 4.16. The van der Waals surface area contributed by atoms with Crippen molar-refractivity contribution in [3.8, 4) is 0 Å². The van der Waals surface area contributed by atoms with Crippen molar-refractivity contribution >= 4 is 11.9 Å². The van der Waals surface area contributed by atoms with Crippen LogP contribution in [0.4, 0.5) is 0 Å². The number of carboxylic acids is 1. The molecule has 0 saturated heterocycles. The molecule has 0 spiro atoms. The molecule has 0 aromatic heterocycles. The van der Waals surface area contributed by atoms with E-state index in [0.717, 1.165) is 11.8 Å². The van der Waals surface area contributed by atoms with E-state index in [4.69, 9.17) is 5.11 Å². The first-order chi connectivity index (χ1) is 8.88. The summed E-state index contributed by atoms with van der Waals surface area (Å²) >= 11 is 0. The Morgan fingerprint density at radius 1 is 1.26 bits per heavy atom. The van der Waals surface area contributed by atoms with Gasteiger partial charge in [-0.25, -0.2) is 0 Å². The topological polar surface area (TPSA) is 66.4 Å². The first-order valence-electron chi connectivity index (χ1n) is 7.38. The molecule has 0 aromatic rings. The van der Waals surface area contributed by atoms with Crippen molar-refractivity contribution in [3.63, 3.8) is 0 Å². The minimum Gasteiger partial charge on any atom is -0.481 e. The highest BCUT2D eigenvalue weighted by atomic mass is 16.4. The molecule has 1 amide bonds. The summed E-state index contributed by atoms with van der Waals surface area (Å²) in [7, 11) is 0. The largest absolute Gasteiger partial charge is 0.481 e. The van der Waals surface area contributed by atoms with Crippen LogP contribution in [0.2, 0.25) is 0 Å². The number of aliphatic carboxylic acids is 1. The number of amides is 1. The highest BCUT2D eigenvalue weighted by molar-refractivity contribution is 5.76. The standard InChI is InChI=1S/C15H25NO3/c1-15(2,14(18)19)5-6-16-13(17)9-12-8-10-3-4-11(12)7-10/h10-12H,3-9H2,1-2H3,(H,16,17)(H,18,19). The first-order valence-corrected chi connectivity index (χ1v) is 7.38. The fraction of sp³-hybridized carbons (Fsp3) is 0.867. The molecule has 2 saturated carbocycles. The maximum absolute atomic E-state index is 11.9. The van der Waals surface area contributed by atoms with Gasteiger partial charge >= 0.3 is 5.97 Å². The van der Waals surface area contributed by atoms with Gasteiger partial charge < -0.3 is 10.4 Å². The van der Waals surface area contributed by atoms with Crippen LogP contribution in [0.3, 0.4) is 0 Å². The van der Waals surface area contributed by atoms with Gasteiger partial charge in [-0.05, 0) is 57.3 Å². The number of nitrogens with one attached hydrogen (secondary N) is 1. The zero-order chi connectivity index (χ0) is 14.0. The summed E-state index contributed by atoms with van der Waals surface area (Å²) in [4.78, 5) is 22.8. The van der Waals surface area contributed by atoms with Gasteiger partial charge in [-0.2, -0.15) is 0 Å². The Balaban J connectivity index is 1.67. The normalized spacial score (nSPS) is 29.5. The van der Waals surface area contributed by atoms with Gasteiger partial charge in [0.05, 0.1) is 5.41 Å². The van der Waals surface area contributed by atoms with E-state index in [0.29, 0.717) is 25.3 Å². The summed E-state index contributed by atoms with van der Waals surface area (Å²) in [5, 5.41) is 11.9. The van der Waals surface area contributed by atoms with Gasteiger partial charge in [-0.3, -0.25) is 9.59 Å². The second-order valence-electron chi connectivity index (χ2n) is 6.93. The number of carbonyl (C=O) groups is 2. The van der Waals surface area contributed by atoms with Crippen LogP contribution < -0.4 is 5.32 Å². The summed E-state index contributed by atoms with van der Waals surface area (Å²) in [6.07, 6.45) is 6.31. The van der Waals surface area contributed by atoms with Crippen molar-refractivity contribution in [1.82, 2.24) is 5.32 Å². The van der Waals surface area contributed by atoms with E-state index < -0.39 is 11.4 Å². The summed E-state index contributed by atoms with van der Waals surface area (Å²) in [6.45, 7) is 3.84. The highest BCUT2D eigenvalue weighted by Crippen LogP contribution is 2.49. The van der Waals surface area contributed by atoms with Crippen LogP contribution in [0.1, 0.15) is 52.4 Å². The molecule has 0 radical (unpaired) electrons. The molecule has 19 heavy (non-hydrogen) atoms. The van der Waals surface area contributed by atoms with Gasteiger partial charge in [-0.1, -0.05) is 6.42 Å². The van der Waals surface area contributed by atoms with Crippen molar-refractivity contribution in [2.45, 2.75) is 52.4 Å². The number of hydrogen-bond acceptors (Lipinski definition) is 2. The summed E-state index contributed by atoms with van der Waals surface area (Å²) in [6, 6.07) is 0. The average Bonchev–Trinajstić information content (AvgIpc) is 2.90. The smallest absolute Gasteiger partial charge is 0.309 e. The lowest BCUT2D eigenvalue weighted by molar-refractivity contribution is -0.147. The van der Waals surface area contributed by atoms with Gasteiger partial charge in [0, 0.05) is 13.0 Å². The van der Waals surface area contributed by atoms with Crippen molar-refractivity contribution in [2.24, 2.45) is 23.2 Å². The number of fused-ring (bicyclic) bond motifs is 2. The highest BCUT2D eigenvalue weighted by Gasteiger charge is 2.40. The molecule has 2 fully saturated rings. The van der Waals surface area contributed by atoms with E-state index in [1.165, 1.54) is 25.7 Å². The van der Waals surface area contributed by atoms with Crippen molar-refractivity contribution < 1.29 is 14.7 Å². The van der Waals surface area contributed by atoms with E-state index in [1.54, 1.807) is 13.8 Å². The van der Waals surface area contributed by atoms with Crippen LogP contribution in [-0.4, -0.2) is 23.5 Å². The van der Waals surface area contributed by atoms with Crippen LogP contribution in [-0.2, 0) is 9.59 Å². The van der Waals surface area contributed by atoms with Crippen LogP contribution >= 0.6 is 0 Å². The molecule has 2 aliphatic rings. The van der Waals surface area contributed by atoms with Crippen LogP contribution in [0.15, 0.2) is 0 Å². The minimum atomic E-state index is -0.810. The quantitative estimate of drug-likeness (QED) is 0.776. The molecule has 3 unspecified atom stereocenters. The Labute approximate surface area is 115 Å². The Hall–Kier alpha value is -1.06. The molecule has 0 aromatic carbocycles. The number of carboxylic acid groups (broad SMARTS) is 1. The van der Waals surface area contributed by atoms with Crippen molar-refractivity contribution in [1.29, 1.82) is 0 Å². The van der Waals surface area contributed by atoms with E-state index >= 15 is 0 Å². The van der Waals surface area contributed by atoms with Gasteiger partial charge in [0.2, 0.25) is 5.91 Å². The zero-order valence-corrected chi connectivity index (χ0v) is 11.9. The molecule has 2 rings (SSSR count). The average molecular weight is 267 g/mol. The molecular weight excluding hydrogens is 242 g/mol. The summed E-state index contributed by atoms with van der Waals surface area (Å²) in [5.74, 6) is 1.50. The maximum Gasteiger partial charge on any atom is 0.309 e. The van der Waals surface area contributed by atoms with Crippen LogP contribution in [0.25, 0.3) is 0 Å². The van der Waals surface area contributed by atoms with E-state index in [-0.39, 0.29) is 5.91 Å². The summed E-state index contributed by atoms with van der Waals surface area (Å²) in [5.41, 5.74) is -0.764. The fourth-order valence-electron chi connectivity index (χ4n) is 3.56. The van der Waals surface area contributed by atoms with Crippen LogP contribution in [0.5, 0.6) is 0 Å². The summed E-state index contributed by atoms with van der Waals surface area (Å²) < 4.78 is 0. The third kappa shape index (κ3) is 3.48. The number of hydrogen-bond donors (Lipinski definition) is 2. The van der Waals surface area contributed by atoms with Crippen molar-refractivity contribution in [3.05, 3.63) is 0 Å². The van der Waals surface area contributed by atoms with Gasteiger partial charge in [0.25, 0.3) is 0 Å². The Morgan fingerprint density at radius 3 is 2.53 bits per heavy atom. The van der Waals surface area contributed by atoms with E-state index in [1.807, 2.05) is 0 Å². The molecule has 2 bridgehead atoms. The predicted octanol–water partition coefficient (Wildman–Crippen LogP) is 2.43. The molecule has 108 valence electrons. The molecule has 4 nitrogen and oxygen atoms in total. The monoisotopic (exact) mass is 267 g/mol. The molecule has 3 atom stereocenters. The maximum atomic E-state index is 11.9. The van der Waals surface area contributed by atoms with Crippen LogP contribution in [0, 0.1) is 23.2 Å². The first kappa shape index (κ1) is 14.4. The molecule has 0 aliphatic heterocycles. The molecule has 2 N–H and O–H groups in total. The second-order valence-corrected chi connectivity index (χ2v) is 6.93. The predicted molar refractivity (Wildman–Crippen MR) is 72.6 cm³/mol. The van der Waals surface area contributed by atoms with Gasteiger partial charge in [0.15, 0.2) is 0 Å². The van der Waals surface area contributed by atoms with E-state index in [9.17, 15) is 9.59 Å². The lowest BCUT2D eigenvalue weighted by Crippen LogP contribution is -2.33. The zero-order valence-electron chi connectivity index (χ0n) is 11.9. The molecule has 4 heteroatoms. The lowest BCUT2D eigenvalue weighted by atomic mass is 9.86.